The number of thiocarbonyl (C=S) groups is 1. The monoisotopic (exact) mass is 538 g/mol. The second kappa shape index (κ2) is 9.48. The molecule has 192 valence electrons. The SMILES string of the molecule is COc1cc(N2C(=S)NC(c3ccccn3)C2c2cc(C)n(-n3cnnc3)c2C)ccc1NS(C)(=O)=O. The van der Waals surface area contributed by atoms with Crippen LogP contribution >= 0.6 is 12.2 Å². The lowest BCUT2D eigenvalue weighted by atomic mass is 9.96. The Balaban J connectivity index is 1.66. The molecule has 3 aromatic heterocycles. The van der Waals surface area contributed by atoms with E-state index < -0.39 is 10.0 Å². The van der Waals surface area contributed by atoms with Gasteiger partial charge in [0, 0.05) is 34.9 Å². The number of rotatable bonds is 7. The van der Waals surface area contributed by atoms with Crippen LogP contribution in [0.15, 0.2) is 61.3 Å². The van der Waals surface area contributed by atoms with Gasteiger partial charge in [0.1, 0.15) is 18.4 Å². The minimum atomic E-state index is -3.49. The Labute approximate surface area is 220 Å². The number of hydrogen-bond acceptors (Lipinski definition) is 7. The van der Waals surface area contributed by atoms with Crippen LogP contribution in [0.2, 0.25) is 0 Å². The second-order valence-electron chi connectivity index (χ2n) is 8.74. The lowest BCUT2D eigenvalue weighted by Crippen LogP contribution is -2.29. The molecule has 4 aromatic rings. The number of hydrogen-bond donors (Lipinski definition) is 2. The number of nitrogens with zero attached hydrogens (tertiary/aromatic N) is 6. The molecule has 1 saturated heterocycles. The molecule has 1 fully saturated rings. The Morgan fingerprint density at radius 3 is 2.51 bits per heavy atom. The van der Waals surface area contributed by atoms with E-state index in [0.29, 0.717) is 16.5 Å². The first-order valence-electron chi connectivity index (χ1n) is 11.4. The van der Waals surface area contributed by atoms with Crippen LogP contribution in [0.25, 0.3) is 0 Å². The molecule has 37 heavy (non-hydrogen) atoms. The molecule has 11 nitrogen and oxygen atoms in total. The standard InChI is InChI=1S/C24H26N8O3S2/c1-15-11-18(16(2)32(15)30-13-26-27-14-30)23-22(20-7-5-6-10-25-20)28-24(36)31(23)17-8-9-19(21(12-17)35-3)29-37(4,33)34/h5-14,22-23,29H,1-4H3,(H,28,36). The minimum Gasteiger partial charge on any atom is -0.494 e. The van der Waals surface area contributed by atoms with E-state index in [1.807, 2.05) is 52.4 Å². The van der Waals surface area contributed by atoms with E-state index in [1.165, 1.54) is 7.11 Å². The molecule has 5 rings (SSSR count). The molecule has 2 N–H and O–H groups in total. The Morgan fingerprint density at radius 2 is 1.86 bits per heavy atom. The summed E-state index contributed by atoms with van der Waals surface area (Å²) in [5.74, 6) is 0.376. The lowest BCUT2D eigenvalue weighted by molar-refractivity contribution is 0.417. The van der Waals surface area contributed by atoms with Gasteiger partial charge in [-0.15, -0.1) is 10.2 Å². The van der Waals surface area contributed by atoms with Crippen molar-refractivity contribution >= 4 is 38.7 Å². The molecule has 0 saturated carbocycles. The number of pyridine rings is 1. The van der Waals surface area contributed by atoms with Crippen LogP contribution in [0, 0.1) is 13.8 Å². The van der Waals surface area contributed by atoms with Gasteiger partial charge < -0.3 is 15.0 Å². The number of nitrogens with one attached hydrogen (secondary N) is 2. The summed E-state index contributed by atoms with van der Waals surface area (Å²) in [4.78, 5) is 6.63. The van der Waals surface area contributed by atoms with E-state index in [4.69, 9.17) is 17.0 Å². The first-order valence-corrected chi connectivity index (χ1v) is 13.7. The fourth-order valence-electron chi connectivity index (χ4n) is 4.79. The number of ether oxygens (including phenoxy) is 1. The molecular weight excluding hydrogens is 512 g/mol. The van der Waals surface area contributed by atoms with Crippen molar-refractivity contribution in [1.29, 1.82) is 0 Å². The van der Waals surface area contributed by atoms with Gasteiger partial charge in [-0.25, -0.2) is 13.1 Å². The molecule has 1 aliphatic rings. The Hall–Kier alpha value is -3.97. The summed E-state index contributed by atoms with van der Waals surface area (Å²) in [7, 11) is -1.99. The smallest absolute Gasteiger partial charge is 0.229 e. The zero-order valence-corrected chi connectivity index (χ0v) is 22.3. The van der Waals surface area contributed by atoms with E-state index in [9.17, 15) is 8.42 Å². The Morgan fingerprint density at radius 1 is 1.11 bits per heavy atom. The summed E-state index contributed by atoms with van der Waals surface area (Å²) in [6.07, 6.45) is 6.15. The molecule has 1 aromatic carbocycles. The number of benzene rings is 1. The van der Waals surface area contributed by atoms with Gasteiger partial charge in [0.2, 0.25) is 10.0 Å². The van der Waals surface area contributed by atoms with Crippen LogP contribution in [0.5, 0.6) is 5.75 Å². The maximum atomic E-state index is 11.8. The van der Waals surface area contributed by atoms with Gasteiger partial charge in [0.05, 0.1) is 36.8 Å². The molecule has 0 amide bonds. The molecule has 2 atom stereocenters. The molecule has 13 heteroatoms. The van der Waals surface area contributed by atoms with Crippen molar-refractivity contribution in [1.82, 2.24) is 29.9 Å². The molecule has 0 aliphatic carbocycles. The van der Waals surface area contributed by atoms with E-state index in [0.717, 1.165) is 34.6 Å². The molecule has 1 aliphatic heterocycles. The number of aromatic nitrogens is 5. The lowest BCUT2D eigenvalue weighted by Gasteiger charge is -2.28. The normalized spacial score (nSPS) is 17.6. The second-order valence-corrected chi connectivity index (χ2v) is 10.9. The molecule has 0 radical (unpaired) electrons. The van der Waals surface area contributed by atoms with Crippen molar-refractivity contribution in [2.24, 2.45) is 0 Å². The molecular formula is C24H26N8O3S2. The zero-order valence-electron chi connectivity index (χ0n) is 20.7. The van der Waals surface area contributed by atoms with Crippen LogP contribution in [0.3, 0.4) is 0 Å². The average molecular weight is 539 g/mol. The molecule has 0 bridgehead atoms. The third-order valence-corrected chi connectivity index (χ3v) is 7.15. The number of methoxy groups -OCH3 is 1. The van der Waals surface area contributed by atoms with Crippen LogP contribution in [0.4, 0.5) is 11.4 Å². The van der Waals surface area contributed by atoms with E-state index in [1.54, 1.807) is 31.0 Å². The summed E-state index contributed by atoms with van der Waals surface area (Å²) in [5.41, 5.74) is 4.94. The van der Waals surface area contributed by atoms with Crippen molar-refractivity contribution in [3.8, 4) is 5.75 Å². The molecule has 0 spiro atoms. The van der Waals surface area contributed by atoms with Crippen molar-refractivity contribution in [2.45, 2.75) is 25.9 Å². The Kier molecular flexibility index (Phi) is 6.33. The first kappa shape index (κ1) is 24.7. The van der Waals surface area contributed by atoms with E-state index >= 15 is 0 Å². The largest absolute Gasteiger partial charge is 0.494 e. The molecule has 4 heterocycles. The van der Waals surface area contributed by atoms with Gasteiger partial charge in [-0.05, 0) is 56.4 Å². The summed E-state index contributed by atoms with van der Waals surface area (Å²) < 4.78 is 35.6. The summed E-state index contributed by atoms with van der Waals surface area (Å²) >= 11 is 5.84. The van der Waals surface area contributed by atoms with Gasteiger partial charge in [-0.2, -0.15) is 0 Å². The first-order chi connectivity index (χ1) is 17.7. The van der Waals surface area contributed by atoms with Crippen LogP contribution in [-0.4, -0.2) is 51.4 Å². The summed E-state index contributed by atoms with van der Waals surface area (Å²) in [6.45, 7) is 4.06. The molecule has 2 unspecified atom stereocenters. The Bertz CT molecular complexity index is 1550. The number of aryl methyl sites for hydroxylation is 1. The minimum absolute atomic E-state index is 0.247. The zero-order chi connectivity index (χ0) is 26.3. The third-order valence-electron chi connectivity index (χ3n) is 6.25. The van der Waals surface area contributed by atoms with Gasteiger partial charge in [0.15, 0.2) is 5.11 Å². The van der Waals surface area contributed by atoms with Gasteiger partial charge in [0.25, 0.3) is 0 Å². The van der Waals surface area contributed by atoms with Crippen molar-refractivity contribution in [3.05, 3.63) is 84.0 Å². The van der Waals surface area contributed by atoms with E-state index in [2.05, 4.69) is 31.3 Å². The van der Waals surface area contributed by atoms with Gasteiger partial charge >= 0.3 is 0 Å². The maximum absolute atomic E-state index is 11.8. The predicted octanol–water partition coefficient (Wildman–Crippen LogP) is 2.96. The highest BCUT2D eigenvalue weighted by molar-refractivity contribution is 7.92. The van der Waals surface area contributed by atoms with Crippen molar-refractivity contribution in [3.63, 3.8) is 0 Å². The number of anilines is 2. The highest BCUT2D eigenvalue weighted by Gasteiger charge is 2.42. The van der Waals surface area contributed by atoms with Crippen LogP contribution in [0.1, 0.15) is 34.7 Å². The van der Waals surface area contributed by atoms with Crippen LogP contribution < -0.4 is 19.7 Å². The highest BCUT2D eigenvalue weighted by Crippen LogP contribution is 2.44. The quantitative estimate of drug-likeness (QED) is 0.342. The average Bonchev–Trinajstić information content (AvgIpc) is 3.57. The van der Waals surface area contributed by atoms with Crippen molar-refractivity contribution in [2.75, 3.05) is 23.0 Å². The summed E-state index contributed by atoms with van der Waals surface area (Å²) in [6, 6.07) is 12.7. The highest BCUT2D eigenvalue weighted by atomic mass is 32.2. The van der Waals surface area contributed by atoms with Crippen molar-refractivity contribution < 1.29 is 13.2 Å². The number of sulfonamides is 1. The predicted molar refractivity (Wildman–Crippen MR) is 144 cm³/mol. The van der Waals surface area contributed by atoms with E-state index in [-0.39, 0.29) is 12.1 Å². The maximum Gasteiger partial charge on any atom is 0.229 e. The van der Waals surface area contributed by atoms with Gasteiger partial charge in [-0.1, -0.05) is 6.07 Å². The summed E-state index contributed by atoms with van der Waals surface area (Å²) in [5, 5.41) is 11.9. The fraction of sp³-hybridized carbons (Fsp3) is 0.250. The third kappa shape index (κ3) is 4.62. The van der Waals surface area contributed by atoms with Gasteiger partial charge in [-0.3, -0.25) is 14.4 Å². The fourth-order valence-corrected chi connectivity index (χ4v) is 5.71. The van der Waals surface area contributed by atoms with Crippen LogP contribution in [-0.2, 0) is 10.0 Å². The topological polar surface area (TPSA) is 119 Å².